The summed E-state index contributed by atoms with van der Waals surface area (Å²) in [5.74, 6) is 2.06. The summed E-state index contributed by atoms with van der Waals surface area (Å²) >= 11 is 0. The van der Waals surface area contributed by atoms with Crippen LogP contribution in [0.4, 0.5) is 4.79 Å². The van der Waals surface area contributed by atoms with E-state index in [1.165, 1.54) is 5.56 Å². The summed E-state index contributed by atoms with van der Waals surface area (Å²) in [5.41, 5.74) is 1.76. The van der Waals surface area contributed by atoms with Gasteiger partial charge in [-0.15, -0.1) is 24.0 Å². The summed E-state index contributed by atoms with van der Waals surface area (Å²) in [7, 11) is 1.74. The molecule has 1 aromatic rings. The van der Waals surface area contributed by atoms with E-state index >= 15 is 0 Å². The molecule has 1 atom stereocenters. The van der Waals surface area contributed by atoms with Gasteiger partial charge in [-0.05, 0) is 52.2 Å². The number of hydrogen-bond acceptors (Lipinski definition) is 5. The average Bonchev–Trinajstić information content (AvgIpc) is 3.21. The maximum absolute atomic E-state index is 11.7. The fraction of sp³-hybridized carbons (Fsp3) is 0.652. The van der Waals surface area contributed by atoms with E-state index in [-0.39, 0.29) is 24.0 Å². The van der Waals surface area contributed by atoms with Crippen LogP contribution in [0.2, 0.25) is 0 Å². The number of halogens is 1. The Morgan fingerprint density at radius 1 is 1.22 bits per heavy atom. The second-order valence-corrected chi connectivity index (χ2v) is 8.79. The molecule has 9 heteroatoms. The molecule has 1 aromatic carbocycles. The van der Waals surface area contributed by atoms with Crippen molar-refractivity contribution in [2.45, 2.75) is 52.7 Å². The van der Waals surface area contributed by atoms with Crippen molar-refractivity contribution in [3.05, 3.63) is 29.3 Å². The van der Waals surface area contributed by atoms with Gasteiger partial charge >= 0.3 is 6.09 Å². The van der Waals surface area contributed by atoms with Crippen molar-refractivity contribution in [1.82, 2.24) is 16.0 Å². The minimum absolute atomic E-state index is 0. The largest absolute Gasteiger partial charge is 0.493 e. The van der Waals surface area contributed by atoms with Gasteiger partial charge in [0, 0.05) is 44.8 Å². The predicted molar refractivity (Wildman–Crippen MR) is 138 cm³/mol. The number of guanidine groups is 1. The number of alkyl carbamates (subject to hydrolysis) is 1. The normalized spacial score (nSPS) is 16.2. The van der Waals surface area contributed by atoms with Crippen LogP contribution in [-0.2, 0) is 16.0 Å². The molecule has 1 fully saturated rings. The molecular weight excluding hydrogens is 523 g/mol. The molecule has 1 aliphatic rings. The zero-order valence-electron chi connectivity index (χ0n) is 20.0. The third kappa shape index (κ3) is 11.2. The Balaban J connectivity index is 0.00000512. The number of hydrogen-bond donors (Lipinski definition) is 3. The number of carbonyl (C=O) groups excluding carboxylic acids is 1. The van der Waals surface area contributed by atoms with Gasteiger partial charge in [-0.3, -0.25) is 4.99 Å². The number of carbonyl (C=O) groups is 1. The number of aryl methyl sites for hydroxylation is 1. The van der Waals surface area contributed by atoms with Crippen LogP contribution < -0.4 is 20.7 Å². The van der Waals surface area contributed by atoms with Crippen LogP contribution in [0.1, 0.15) is 44.7 Å². The number of benzene rings is 1. The highest BCUT2D eigenvalue weighted by Crippen LogP contribution is 2.22. The summed E-state index contributed by atoms with van der Waals surface area (Å²) in [6.07, 6.45) is 1.41. The quantitative estimate of drug-likeness (QED) is 0.184. The summed E-state index contributed by atoms with van der Waals surface area (Å²) in [6, 6.07) is 6.24. The van der Waals surface area contributed by atoms with Crippen molar-refractivity contribution < 1.29 is 19.0 Å². The zero-order chi connectivity index (χ0) is 22.7. The number of nitrogens with zero attached hydrogens (tertiary/aromatic N) is 1. The molecule has 3 N–H and O–H groups in total. The molecule has 32 heavy (non-hydrogen) atoms. The first-order valence-corrected chi connectivity index (χ1v) is 11.0. The van der Waals surface area contributed by atoms with Crippen LogP contribution >= 0.6 is 24.0 Å². The zero-order valence-corrected chi connectivity index (χ0v) is 22.3. The maximum atomic E-state index is 11.7. The first-order valence-electron chi connectivity index (χ1n) is 11.0. The maximum Gasteiger partial charge on any atom is 0.407 e. The summed E-state index contributed by atoms with van der Waals surface area (Å²) < 4.78 is 16.8. The van der Waals surface area contributed by atoms with Crippen molar-refractivity contribution in [1.29, 1.82) is 0 Å². The van der Waals surface area contributed by atoms with Crippen LogP contribution in [0, 0.1) is 12.8 Å². The van der Waals surface area contributed by atoms with Gasteiger partial charge in [0.05, 0.1) is 13.2 Å². The SMILES string of the molecule is CN=C(NCCCNC(=O)OC(C)(C)C)NCc1ccc(C)cc1OCC1CCOC1.I. The fourth-order valence-corrected chi connectivity index (χ4v) is 3.06. The third-order valence-corrected chi connectivity index (χ3v) is 4.71. The molecule has 0 spiro atoms. The highest BCUT2D eigenvalue weighted by molar-refractivity contribution is 14.0. The topological polar surface area (TPSA) is 93.2 Å². The molecule has 1 amide bonds. The highest BCUT2D eigenvalue weighted by Gasteiger charge is 2.17. The highest BCUT2D eigenvalue weighted by atomic mass is 127. The first-order chi connectivity index (χ1) is 14.8. The van der Waals surface area contributed by atoms with E-state index in [1.54, 1.807) is 7.05 Å². The van der Waals surface area contributed by atoms with Crippen LogP contribution in [0.25, 0.3) is 0 Å². The molecule has 2 rings (SSSR count). The van der Waals surface area contributed by atoms with E-state index in [0.717, 1.165) is 37.4 Å². The lowest BCUT2D eigenvalue weighted by atomic mass is 10.1. The lowest BCUT2D eigenvalue weighted by Crippen LogP contribution is -2.39. The van der Waals surface area contributed by atoms with Gasteiger partial charge in [-0.25, -0.2) is 4.79 Å². The molecule has 0 bridgehead atoms. The fourth-order valence-electron chi connectivity index (χ4n) is 3.06. The summed E-state index contributed by atoms with van der Waals surface area (Å²) in [5, 5.41) is 9.34. The Morgan fingerprint density at radius 3 is 2.62 bits per heavy atom. The smallest absolute Gasteiger partial charge is 0.407 e. The molecule has 8 nitrogen and oxygen atoms in total. The van der Waals surface area contributed by atoms with Crippen LogP contribution in [0.15, 0.2) is 23.2 Å². The second kappa shape index (κ2) is 14.4. The molecule has 1 heterocycles. The molecule has 0 aliphatic carbocycles. The lowest BCUT2D eigenvalue weighted by molar-refractivity contribution is 0.0527. The van der Waals surface area contributed by atoms with Gasteiger partial charge in [0.25, 0.3) is 0 Å². The number of nitrogens with one attached hydrogen (secondary N) is 3. The van der Waals surface area contributed by atoms with E-state index in [2.05, 4.69) is 46.1 Å². The van der Waals surface area contributed by atoms with Crippen molar-refractivity contribution >= 4 is 36.0 Å². The minimum atomic E-state index is -0.488. The standard InChI is InChI=1S/C23H38N4O4.HI/c1-17-7-8-19(20(13-17)30-16-18-9-12-29-15-18)14-27-21(24-5)25-10-6-11-26-22(28)31-23(2,3)4;/h7-8,13,18H,6,9-12,14-16H2,1-5H3,(H,26,28)(H2,24,25,27);1H. The molecule has 1 unspecified atom stereocenters. The van der Waals surface area contributed by atoms with Gasteiger partial charge in [0.15, 0.2) is 5.96 Å². The van der Waals surface area contributed by atoms with Crippen LogP contribution in [-0.4, -0.2) is 57.6 Å². The second-order valence-electron chi connectivity index (χ2n) is 8.79. The van der Waals surface area contributed by atoms with E-state index < -0.39 is 11.7 Å². The lowest BCUT2D eigenvalue weighted by Gasteiger charge is -2.19. The first kappa shape index (κ1) is 28.3. The van der Waals surface area contributed by atoms with Crippen molar-refractivity contribution in [3.8, 4) is 5.75 Å². The van der Waals surface area contributed by atoms with Gasteiger partial charge in [-0.1, -0.05) is 12.1 Å². The third-order valence-electron chi connectivity index (χ3n) is 4.71. The van der Waals surface area contributed by atoms with Crippen molar-refractivity contribution in [2.24, 2.45) is 10.9 Å². The van der Waals surface area contributed by atoms with Crippen LogP contribution in [0.5, 0.6) is 5.75 Å². The molecule has 182 valence electrons. The number of aliphatic imine (C=N–C) groups is 1. The average molecular weight is 562 g/mol. The number of amides is 1. The predicted octanol–water partition coefficient (Wildman–Crippen LogP) is 3.61. The molecule has 1 aliphatic heterocycles. The molecule has 0 radical (unpaired) electrons. The van der Waals surface area contributed by atoms with E-state index in [4.69, 9.17) is 14.2 Å². The Hall–Kier alpha value is -1.75. The molecule has 0 aromatic heterocycles. The van der Waals surface area contributed by atoms with Gasteiger partial charge < -0.3 is 30.2 Å². The Labute approximate surface area is 209 Å². The van der Waals surface area contributed by atoms with Gasteiger partial charge in [-0.2, -0.15) is 0 Å². The van der Waals surface area contributed by atoms with Gasteiger partial charge in [0.2, 0.25) is 0 Å². The van der Waals surface area contributed by atoms with E-state index in [0.29, 0.717) is 38.1 Å². The van der Waals surface area contributed by atoms with Crippen LogP contribution in [0.3, 0.4) is 0 Å². The number of rotatable bonds is 9. The van der Waals surface area contributed by atoms with E-state index in [9.17, 15) is 4.79 Å². The Kier molecular flexibility index (Phi) is 12.7. The van der Waals surface area contributed by atoms with Crippen molar-refractivity contribution in [2.75, 3.05) is 40.0 Å². The molecular formula is C23H39IN4O4. The summed E-state index contributed by atoms with van der Waals surface area (Å²) in [6.45, 7) is 11.7. The Morgan fingerprint density at radius 2 is 1.97 bits per heavy atom. The molecule has 0 saturated carbocycles. The monoisotopic (exact) mass is 562 g/mol. The Bertz CT molecular complexity index is 731. The molecule has 1 saturated heterocycles. The van der Waals surface area contributed by atoms with Crippen molar-refractivity contribution in [3.63, 3.8) is 0 Å². The van der Waals surface area contributed by atoms with Gasteiger partial charge in [0.1, 0.15) is 11.4 Å². The summed E-state index contributed by atoms with van der Waals surface area (Å²) in [4.78, 5) is 15.9. The number of ether oxygens (including phenoxy) is 3. The minimum Gasteiger partial charge on any atom is -0.493 e. The van der Waals surface area contributed by atoms with E-state index in [1.807, 2.05) is 20.8 Å².